The predicted molar refractivity (Wildman–Crippen MR) is 116 cm³/mol. The summed E-state index contributed by atoms with van der Waals surface area (Å²) < 4.78 is 40.5. The Hall–Kier alpha value is -3.52. The van der Waals surface area contributed by atoms with Crippen molar-refractivity contribution in [1.29, 1.82) is 0 Å². The minimum absolute atomic E-state index is 0.0349. The van der Waals surface area contributed by atoms with Gasteiger partial charge in [0.1, 0.15) is 5.82 Å². The molecule has 0 bridgehead atoms. The Labute approximate surface area is 180 Å². The highest BCUT2D eigenvalue weighted by Crippen LogP contribution is 2.26. The third kappa shape index (κ3) is 6.23. The van der Waals surface area contributed by atoms with E-state index in [1.165, 1.54) is 12.1 Å². The summed E-state index contributed by atoms with van der Waals surface area (Å²) in [4.78, 5) is 14.9. The highest BCUT2D eigenvalue weighted by atomic mass is 32.2. The monoisotopic (exact) mass is 440 g/mol. The number of unbranched alkanes of at least 4 members (excludes halogenated alkanes) is 1. The maximum absolute atomic E-state index is 13.1. The average molecular weight is 440 g/mol. The number of carbonyl (C=O) groups is 1. The molecule has 6 nitrogen and oxygen atoms in total. The molecule has 1 aromatic heterocycles. The smallest absolute Gasteiger partial charge is 0.303 e. The molecular formula is C23H21FN2O4S. The number of hydrogen-bond acceptors (Lipinski definition) is 4. The van der Waals surface area contributed by atoms with Crippen LogP contribution in [0.2, 0.25) is 0 Å². The summed E-state index contributed by atoms with van der Waals surface area (Å²) >= 11 is 0. The van der Waals surface area contributed by atoms with E-state index in [0.717, 1.165) is 28.8 Å². The van der Waals surface area contributed by atoms with E-state index in [1.807, 2.05) is 18.2 Å². The van der Waals surface area contributed by atoms with Gasteiger partial charge in [0.05, 0.1) is 4.90 Å². The van der Waals surface area contributed by atoms with Crippen LogP contribution in [0.3, 0.4) is 0 Å². The molecule has 1 heterocycles. The number of pyridine rings is 1. The Morgan fingerprint density at radius 2 is 1.74 bits per heavy atom. The number of nitrogens with one attached hydrogen (secondary N) is 1. The van der Waals surface area contributed by atoms with Crippen LogP contribution in [0, 0.1) is 5.82 Å². The maximum atomic E-state index is 13.1. The number of rotatable bonds is 9. The molecular weight excluding hydrogens is 419 g/mol. The third-order valence-corrected chi connectivity index (χ3v) is 5.89. The predicted octanol–water partition coefficient (Wildman–Crippen LogP) is 4.71. The quantitative estimate of drug-likeness (QED) is 0.470. The summed E-state index contributed by atoms with van der Waals surface area (Å²) in [6, 6.07) is 15.1. The number of allylic oxidation sites excluding steroid dienone is 1. The zero-order chi connectivity index (χ0) is 22.3. The number of aliphatic carboxylic acids is 1. The molecule has 2 aromatic carbocycles. The van der Waals surface area contributed by atoms with E-state index in [4.69, 9.17) is 5.11 Å². The minimum atomic E-state index is -3.84. The van der Waals surface area contributed by atoms with Crippen LogP contribution in [0.25, 0.3) is 5.57 Å². The van der Waals surface area contributed by atoms with Crippen molar-refractivity contribution in [3.05, 3.63) is 96.1 Å². The van der Waals surface area contributed by atoms with Crippen molar-refractivity contribution in [1.82, 2.24) is 4.98 Å². The van der Waals surface area contributed by atoms with E-state index < -0.39 is 21.8 Å². The average Bonchev–Trinajstić information content (AvgIpc) is 2.75. The van der Waals surface area contributed by atoms with Gasteiger partial charge in [-0.2, -0.15) is 0 Å². The SMILES string of the molecule is O=C(O)CCCC=C(c1ccc(NS(=O)(=O)c2ccc(F)cc2)cc1)c1cccnc1. The molecule has 31 heavy (non-hydrogen) atoms. The normalized spacial score (nSPS) is 11.8. The first kappa shape index (κ1) is 22.2. The van der Waals surface area contributed by atoms with Crippen LogP contribution in [0.4, 0.5) is 10.1 Å². The Morgan fingerprint density at radius 3 is 2.35 bits per heavy atom. The highest BCUT2D eigenvalue weighted by molar-refractivity contribution is 7.92. The maximum Gasteiger partial charge on any atom is 0.303 e. The molecule has 3 aromatic rings. The van der Waals surface area contributed by atoms with Crippen LogP contribution >= 0.6 is 0 Å². The van der Waals surface area contributed by atoms with E-state index in [2.05, 4.69) is 9.71 Å². The van der Waals surface area contributed by atoms with Gasteiger partial charge in [-0.1, -0.05) is 24.3 Å². The van der Waals surface area contributed by atoms with Crippen molar-refractivity contribution < 1.29 is 22.7 Å². The van der Waals surface area contributed by atoms with Gasteiger partial charge in [-0.05, 0) is 66.4 Å². The molecule has 160 valence electrons. The molecule has 0 aliphatic rings. The van der Waals surface area contributed by atoms with Crippen molar-refractivity contribution in [2.75, 3.05) is 4.72 Å². The van der Waals surface area contributed by atoms with Gasteiger partial charge in [-0.25, -0.2) is 12.8 Å². The fraction of sp³-hybridized carbons (Fsp3) is 0.130. The van der Waals surface area contributed by atoms with Crippen LogP contribution in [0.5, 0.6) is 0 Å². The first-order chi connectivity index (χ1) is 14.8. The van der Waals surface area contributed by atoms with Crippen LogP contribution < -0.4 is 4.72 Å². The second kappa shape index (κ2) is 9.99. The molecule has 0 saturated carbocycles. The van der Waals surface area contributed by atoms with Gasteiger partial charge in [0.25, 0.3) is 10.0 Å². The standard InChI is InChI=1S/C23H21FN2O4S/c24-19-9-13-21(14-10-19)31(29,30)26-20-11-7-17(8-12-20)22(5-1-2-6-23(27)28)18-4-3-15-25-16-18/h3-5,7-16,26H,1-2,6H2,(H,27,28). The van der Waals surface area contributed by atoms with Gasteiger partial charge in [0, 0.05) is 30.1 Å². The van der Waals surface area contributed by atoms with Gasteiger partial charge in [-0.15, -0.1) is 0 Å². The number of halogens is 1. The lowest BCUT2D eigenvalue weighted by Gasteiger charge is -2.11. The van der Waals surface area contributed by atoms with E-state index >= 15 is 0 Å². The Kier molecular flexibility index (Phi) is 7.15. The fourth-order valence-electron chi connectivity index (χ4n) is 2.97. The van der Waals surface area contributed by atoms with Gasteiger partial charge in [0.2, 0.25) is 0 Å². The number of carboxylic acid groups (broad SMARTS) is 1. The summed E-state index contributed by atoms with van der Waals surface area (Å²) in [5.74, 6) is -1.35. The van der Waals surface area contributed by atoms with Gasteiger partial charge >= 0.3 is 5.97 Å². The summed E-state index contributed by atoms with van der Waals surface area (Å²) in [5.41, 5.74) is 2.96. The van der Waals surface area contributed by atoms with Crippen LogP contribution in [-0.4, -0.2) is 24.5 Å². The van der Waals surface area contributed by atoms with Crippen LogP contribution in [0.15, 0.2) is 84.0 Å². The van der Waals surface area contributed by atoms with Crippen LogP contribution in [0.1, 0.15) is 30.4 Å². The second-order valence-corrected chi connectivity index (χ2v) is 8.46. The molecule has 0 saturated heterocycles. The Morgan fingerprint density at radius 1 is 1.03 bits per heavy atom. The molecule has 0 aliphatic heterocycles. The molecule has 0 spiro atoms. The number of benzene rings is 2. The second-order valence-electron chi connectivity index (χ2n) is 6.78. The first-order valence-electron chi connectivity index (χ1n) is 9.56. The van der Waals surface area contributed by atoms with Crippen molar-refractivity contribution in [3.63, 3.8) is 0 Å². The highest BCUT2D eigenvalue weighted by Gasteiger charge is 2.14. The zero-order valence-corrected chi connectivity index (χ0v) is 17.3. The molecule has 0 aliphatic carbocycles. The van der Waals surface area contributed by atoms with Crippen molar-refractivity contribution in [2.45, 2.75) is 24.2 Å². The van der Waals surface area contributed by atoms with Gasteiger partial charge < -0.3 is 5.11 Å². The molecule has 0 unspecified atom stereocenters. The van der Waals surface area contributed by atoms with Gasteiger partial charge in [0.15, 0.2) is 0 Å². The first-order valence-corrected chi connectivity index (χ1v) is 11.0. The number of aromatic nitrogens is 1. The van der Waals surface area contributed by atoms with Crippen LogP contribution in [-0.2, 0) is 14.8 Å². The third-order valence-electron chi connectivity index (χ3n) is 4.49. The lowest BCUT2D eigenvalue weighted by Crippen LogP contribution is -2.12. The van der Waals surface area contributed by atoms with E-state index in [-0.39, 0.29) is 11.3 Å². The van der Waals surface area contributed by atoms with Crippen molar-refractivity contribution in [2.24, 2.45) is 0 Å². The summed E-state index contributed by atoms with van der Waals surface area (Å²) in [6.07, 6.45) is 6.51. The number of carboxylic acids is 1. The van der Waals surface area contributed by atoms with E-state index in [0.29, 0.717) is 18.5 Å². The molecule has 0 fully saturated rings. The zero-order valence-electron chi connectivity index (χ0n) is 16.5. The molecule has 0 radical (unpaired) electrons. The molecule has 8 heteroatoms. The summed E-state index contributed by atoms with van der Waals surface area (Å²) in [5, 5.41) is 8.83. The van der Waals surface area contributed by atoms with Crippen molar-refractivity contribution in [3.8, 4) is 0 Å². The van der Waals surface area contributed by atoms with E-state index in [9.17, 15) is 17.6 Å². The minimum Gasteiger partial charge on any atom is -0.481 e. The largest absolute Gasteiger partial charge is 0.481 e. The number of hydrogen-bond donors (Lipinski definition) is 2. The number of anilines is 1. The fourth-order valence-corrected chi connectivity index (χ4v) is 4.03. The lowest BCUT2D eigenvalue weighted by atomic mass is 9.97. The summed E-state index contributed by atoms with van der Waals surface area (Å²) in [7, 11) is -3.84. The topological polar surface area (TPSA) is 96.4 Å². The molecule has 2 N–H and O–H groups in total. The summed E-state index contributed by atoms with van der Waals surface area (Å²) in [6.45, 7) is 0. The number of nitrogens with zero attached hydrogens (tertiary/aromatic N) is 1. The molecule has 3 rings (SSSR count). The van der Waals surface area contributed by atoms with Crippen molar-refractivity contribution >= 4 is 27.3 Å². The molecule has 0 atom stereocenters. The van der Waals surface area contributed by atoms with Gasteiger partial charge in [-0.3, -0.25) is 14.5 Å². The lowest BCUT2D eigenvalue weighted by molar-refractivity contribution is -0.137. The van der Waals surface area contributed by atoms with E-state index in [1.54, 1.807) is 36.7 Å². The number of sulfonamides is 1. The Balaban J connectivity index is 1.81. The molecule has 0 amide bonds. The Bertz CT molecular complexity index is 1160.